The second-order valence-corrected chi connectivity index (χ2v) is 7.27. The largest absolute Gasteiger partial charge is 0.381 e. The van der Waals surface area contributed by atoms with Crippen LogP contribution in [0, 0.1) is 5.82 Å². The number of nitrogens with one attached hydrogen (secondary N) is 1. The molecule has 0 aliphatic rings. The van der Waals surface area contributed by atoms with Gasteiger partial charge in [0.2, 0.25) is 0 Å². The Morgan fingerprint density at radius 3 is 2.60 bits per heavy atom. The highest BCUT2D eigenvalue weighted by molar-refractivity contribution is 9.10. The van der Waals surface area contributed by atoms with E-state index >= 15 is 0 Å². The maximum atomic E-state index is 13.4. The van der Waals surface area contributed by atoms with E-state index in [9.17, 15) is 12.8 Å². The van der Waals surface area contributed by atoms with E-state index in [1.54, 1.807) is 36.4 Å². The van der Waals surface area contributed by atoms with Crippen molar-refractivity contribution in [3.63, 3.8) is 0 Å². The van der Waals surface area contributed by atoms with E-state index in [1.165, 1.54) is 6.07 Å². The summed E-state index contributed by atoms with van der Waals surface area (Å²) in [6.45, 7) is 0.414. The Labute approximate surface area is 125 Å². The van der Waals surface area contributed by atoms with E-state index in [-0.39, 0.29) is 10.7 Å². The summed E-state index contributed by atoms with van der Waals surface area (Å²) < 4.78 is 36.7. The van der Waals surface area contributed by atoms with Gasteiger partial charge in [-0.3, -0.25) is 0 Å². The van der Waals surface area contributed by atoms with Crippen LogP contribution < -0.4 is 5.32 Å². The van der Waals surface area contributed by atoms with E-state index in [0.717, 1.165) is 11.8 Å². The van der Waals surface area contributed by atoms with Crippen LogP contribution in [0.2, 0.25) is 0 Å². The highest BCUT2D eigenvalue weighted by Crippen LogP contribution is 2.19. The third-order valence-corrected chi connectivity index (χ3v) is 4.50. The van der Waals surface area contributed by atoms with Crippen LogP contribution in [0.3, 0.4) is 0 Å². The van der Waals surface area contributed by atoms with Crippen LogP contribution in [-0.4, -0.2) is 14.7 Å². The van der Waals surface area contributed by atoms with E-state index < -0.39 is 9.84 Å². The average Bonchev–Trinajstić information content (AvgIpc) is 2.39. The highest BCUT2D eigenvalue weighted by Gasteiger charge is 2.07. The van der Waals surface area contributed by atoms with Crippen LogP contribution in [0.5, 0.6) is 0 Å². The molecular formula is C14H13BrFNO2S. The van der Waals surface area contributed by atoms with Crippen LogP contribution in [0.25, 0.3) is 0 Å². The molecule has 2 rings (SSSR count). The lowest BCUT2D eigenvalue weighted by Crippen LogP contribution is -2.02. The summed E-state index contributed by atoms with van der Waals surface area (Å²) in [6.07, 6.45) is 1.16. The zero-order chi connectivity index (χ0) is 14.8. The van der Waals surface area contributed by atoms with Crippen molar-refractivity contribution >= 4 is 31.5 Å². The fourth-order valence-electron chi connectivity index (χ4n) is 1.69. The molecule has 2 aromatic rings. The molecule has 6 heteroatoms. The zero-order valence-corrected chi connectivity index (χ0v) is 13.1. The quantitative estimate of drug-likeness (QED) is 0.908. The van der Waals surface area contributed by atoms with Gasteiger partial charge in [0.25, 0.3) is 0 Å². The number of rotatable bonds is 4. The first kappa shape index (κ1) is 15.0. The highest BCUT2D eigenvalue weighted by atomic mass is 79.9. The Morgan fingerprint density at radius 2 is 1.95 bits per heavy atom. The van der Waals surface area contributed by atoms with Crippen LogP contribution in [0.4, 0.5) is 10.1 Å². The van der Waals surface area contributed by atoms with Crippen LogP contribution >= 0.6 is 15.9 Å². The summed E-state index contributed by atoms with van der Waals surface area (Å²) in [5.74, 6) is -0.325. The molecular weight excluding hydrogens is 345 g/mol. The lowest BCUT2D eigenvalue weighted by molar-refractivity contribution is 0.602. The summed E-state index contributed by atoms with van der Waals surface area (Å²) in [6, 6.07) is 11.4. The normalized spacial score (nSPS) is 11.3. The van der Waals surface area contributed by atoms with E-state index in [4.69, 9.17) is 0 Å². The van der Waals surface area contributed by atoms with E-state index in [1.807, 2.05) is 0 Å². The van der Waals surface area contributed by atoms with Gasteiger partial charge < -0.3 is 5.32 Å². The molecule has 2 aromatic carbocycles. The van der Waals surface area contributed by atoms with Gasteiger partial charge in [-0.25, -0.2) is 12.8 Å². The summed E-state index contributed by atoms with van der Waals surface area (Å²) in [4.78, 5) is 0.254. The van der Waals surface area contributed by atoms with Crippen molar-refractivity contribution in [1.82, 2.24) is 0 Å². The maximum absolute atomic E-state index is 13.4. The third-order valence-electron chi connectivity index (χ3n) is 2.74. The van der Waals surface area contributed by atoms with Gasteiger partial charge in [0, 0.05) is 18.5 Å². The number of anilines is 1. The molecule has 0 amide bonds. The molecule has 1 N–H and O–H groups in total. The molecule has 0 saturated carbocycles. The number of benzene rings is 2. The summed E-state index contributed by atoms with van der Waals surface area (Å²) in [5.41, 5.74) is 1.45. The van der Waals surface area contributed by atoms with Crippen molar-refractivity contribution in [3.8, 4) is 0 Å². The Balaban J connectivity index is 2.13. The van der Waals surface area contributed by atoms with Gasteiger partial charge in [-0.1, -0.05) is 12.1 Å². The molecule has 0 aliphatic heterocycles. The van der Waals surface area contributed by atoms with Crippen molar-refractivity contribution in [2.24, 2.45) is 0 Å². The van der Waals surface area contributed by atoms with Gasteiger partial charge in [-0.15, -0.1) is 0 Å². The topological polar surface area (TPSA) is 46.2 Å². The second-order valence-electron chi connectivity index (χ2n) is 4.40. The molecule has 106 valence electrons. The van der Waals surface area contributed by atoms with Gasteiger partial charge in [0.1, 0.15) is 5.82 Å². The third kappa shape index (κ3) is 3.80. The molecule has 0 spiro atoms. The molecule has 0 radical (unpaired) electrons. The van der Waals surface area contributed by atoms with Gasteiger partial charge in [0.05, 0.1) is 9.37 Å². The van der Waals surface area contributed by atoms with Gasteiger partial charge in [0.15, 0.2) is 9.84 Å². The van der Waals surface area contributed by atoms with Crippen molar-refractivity contribution in [2.75, 3.05) is 11.6 Å². The Kier molecular flexibility index (Phi) is 4.45. The predicted octanol–water partition coefficient (Wildman–Crippen LogP) is 3.60. The molecule has 0 saturated heterocycles. The van der Waals surface area contributed by atoms with Crippen molar-refractivity contribution in [2.45, 2.75) is 11.4 Å². The van der Waals surface area contributed by atoms with Crippen LogP contribution in [0.15, 0.2) is 51.8 Å². The van der Waals surface area contributed by atoms with E-state index in [2.05, 4.69) is 21.2 Å². The molecule has 0 fully saturated rings. The Morgan fingerprint density at radius 1 is 1.20 bits per heavy atom. The number of sulfone groups is 1. The van der Waals surface area contributed by atoms with E-state index in [0.29, 0.717) is 16.7 Å². The fraction of sp³-hybridized carbons (Fsp3) is 0.143. The monoisotopic (exact) mass is 357 g/mol. The molecule has 0 unspecified atom stereocenters. The van der Waals surface area contributed by atoms with Gasteiger partial charge >= 0.3 is 0 Å². The van der Waals surface area contributed by atoms with Crippen molar-refractivity contribution < 1.29 is 12.8 Å². The first-order valence-electron chi connectivity index (χ1n) is 5.84. The first-order chi connectivity index (χ1) is 9.36. The average molecular weight is 358 g/mol. The standard InChI is InChI=1S/C14H13BrFNO2S/c1-20(18,19)12-4-2-3-11(8-12)17-9-10-5-6-13(15)14(16)7-10/h2-8,17H,9H2,1H3. The van der Waals surface area contributed by atoms with Crippen molar-refractivity contribution in [3.05, 3.63) is 58.3 Å². The molecule has 0 atom stereocenters. The lowest BCUT2D eigenvalue weighted by Gasteiger charge is -2.08. The molecule has 0 heterocycles. The second kappa shape index (κ2) is 5.93. The number of hydrogen-bond donors (Lipinski definition) is 1. The minimum absolute atomic E-state index is 0.254. The molecule has 0 aromatic heterocycles. The minimum Gasteiger partial charge on any atom is -0.381 e. The number of halogens is 2. The number of hydrogen-bond acceptors (Lipinski definition) is 3. The Hall–Kier alpha value is -1.40. The molecule has 0 bridgehead atoms. The van der Waals surface area contributed by atoms with Crippen LogP contribution in [0.1, 0.15) is 5.56 Å². The summed E-state index contributed by atoms with van der Waals surface area (Å²) in [7, 11) is -3.23. The minimum atomic E-state index is -3.23. The predicted molar refractivity (Wildman–Crippen MR) is 81.0 cm³/mol. The SMILES string of the molecule is CS(=O)(=O)c1cccc(NCc2ccc(Br)c(F)c2)c1. The summed E-state index contributed by atoms with van der Waals surface area (Å²) >= 11 is 3.09. The zero-order valence-electron chi connectivity index (χ0n) is 10.7. The smallest absolute Gasteiger partial charge is 0.175 e. The fourth-order valence-corrected chi connectivity index (χ4v) is 2.60. The van der Waals surface area contributed by atoms with Gasteiger partial charge in [-0.05, 0) is 51.8 Å². The van der Waals surface area contributed by atoms with Crippen LogP contribution in [-0.2, 0) is 16.4 Å². The maximum Gasteiger partial charge on any atom is 0.175 e. The molecule has 3 nitrogen and oxygen atoms in total. The van der Waals surface area contributed by atoms with Gasteiger partial charge in [-0.2, -0.15) is 0 Å². The first-order valence-corrected chi connectivity index (χ1v) is 8.52. The molecule has 20 heavy (non-hydrogen) atoms. The molecule has 0 aliphatic carbocycles. The lowest BCUT2D eigenvalue weighted by atomic mass is 10.2. The Bertz CT molecular complexity index is 732. The van der Waals surface area contributed by atoms with Crippen molar-refractivity contribution in [1.29, 1.82) is 0 Å². The summed E-state index contributed by atoms with van der Waals surface area (Å²) in [5, 5.41) is 3.07.